The Bertz CT molecular complexity index is 800. The summed E-state index contributed by atoms with van der Waals surface area (Å²) in [5, 5.41) is 3.09. The molecule has 0 unspecified atom stereocenters. The molecule has 6 heteroatoms. The van der Waals surface area contributed by atoms with Crippen molar-refractivity contribution in [3.05, 3.63) is 29.8 Å². The molecule has 158 valence electrons. The smallest absolute Gasteiger partial charge is 0.326 e. The van der Waals surface area contributed by atoms with Crippen LogP contribution in [0.4, 0.5) is 10.5 Å². The molecule has 0 bridgehead atoms. The number of anilines is 1. The SMILES string of the molecule is Cc1ccccc1N1CCN(CN2C(=O)N[C@]3(C[C@@H](C)CC(C)(C)C3)C2=O)CC1. The zero-order valence-electron chi connectivity index (χ0n) is 18.2. The first-order valence-electron chi connectivity index (χ1n) is 10.9. The van der Waals surface area contributed by atoms with E-state index in [1.165, 1.54) is 16.2 Å². The van der Waals surface area contributed by atoms with Crippen LogP contribution < -0.4 is 10.2 Å². The van der Waals surface area contributed by atoms with Crippen LogP contribution in [-0.2, 0) is 4.79 Å². The standard InChI is InChI=1S/C23H34N4O2/c1-17-13-22(3,4)15-23(14-17)20(28)27(21(29)24-23)16-25-9-11-26(12-10-25)19-8-6-5-7-18(19)2/h5-8,17H,9-16H2,1-4H3,(H,24,29)/t17-,23-/m0/s1. The summed E-state index contributed by atoms with van der Waals surface area (Å²) in [6, 6.07) is 8.23. The Morgan fingerprint density at radius 2 is 1.76 bits per heavy atom. The fourth-order valence-corrected chi connectivity index (χ4v) is 5.88. The first-order chi connectivity index (χ1) is 13.7. The average molecular weight is 399 g/mol. The normalized spacial score (nSPS) is 30.1. The van der Waals surface area contributed by atoms with Crippen molar-refractivity contribution in [1.82, 2.24) is 15.1 Å². The summed E-state index contributed by atoms with van der Waals surface area (Å²) in [7, 11) is 0. The second-order valence-corrected chi connectivity index (χ2v) is 10.1. The van der Waals surface area contributed by atoms with Crippen LogP contribution in [-0.4, -0.2) is 60.1 Å². The number of urea groups is 1. The number of aryl methyl sites for hydroxylation is 1. The molecule has 3 fully saturated rings. The van der Waals surface area contributed by atoms with E-state index in [0.29, 0.717) is 12.6 Å². The zero-order chi connectivity index (χ0) is 20.8. The molecule has 4 rings (SSSR count). The maximum atomic E-state index is 13.3. The van der Waals surface area contributed by atoms with Crippen LogP contribution in [0.2, 0.25) is 0 Å². The van der Waals surface area contributed by atoms with E-state index in [0.717, 1.165) is 45.4 Å². The summed E-state index contributed by atoms with van der Waals surface area (Å²) in [6.07, 6.45) is 2.57. The summed E-state index contributed by atoms with van der Waals surface area (Å²) in [5.74, 6) is 0.407. The van der Waals surface area contributed by atoms with Gasteiger partial charge in [-0.15, -0.1) is 0 Å². The molecule has 1 aromatic rings. The molecule has 3 aliphatic rings. The molecule has 1 aliphatic carbocycles. The van der Waals surface area contributed by atoms with E-state index in [1.807, 2.05) is 0 Å². The fraction of sp³-hybridized carbons (Fsp3) is 0.652. The van der Waals surface area contributed by atoms with Crippen molar-refractivity contribution in [1.29, 1.82) is 0 Å². The van der Waals surface area contributed by atoms with Gasteiger partial charge in [0.05, 0.1) is 6.67 Å². The van der Waals surface area contributed by atoms with Crippen molar-refractivity contribution < 1.29 is 9.59 Å². The number of amides is 3. The van der Waals surface area contributed by atoms with Gasteiger partial charge in [-0.25, -0.2) is 9.69 Å². The highest BCUT2D eigenvalue weighted by atomic mass is 16.2. The number of imide groups is 1. The average Bonchev–Trinajstić information content (AvgIpc) is 2.84. The number of rotatable bonds is 3. The summed E-state index contributed by atoms with van der Waals surface area (Å²) in [4.78, 5) is 32.1. The van der Waals surface area contributed by atoms with Gasteiger partial charge in [0.1, 0.15) is 5.54 Å². The van der Waals surface area contributed by atoms with Crippen molar-refractivity contribution in [2.24, 2.45) is 11.3 Å². The van der Waals surface area contributed by atoms with E-state index in [4.69, 9.17) is 0 Å². The molecule has 1 saturated carbocycles. The molecule has 2 saturated heterocycles. The third kappa shape index (κ3) is 3.87. The zero-order valence-corrected chi connectivity index (χ0v) is 18.2. The van der Waals surface area contributed by atoms with Crippen molar-refractivity contribution in [2.75, 3.05) is 37.7 Å². The number of para-hydroxylation sites is 1. The van der Waals surface area contributed by atoms with E-state index in [2.05, 4.69) is 67.1 Å². The highest BCUT2D eigenvalue weighted by molar-refractivity contribution is 6.07. The Kier molecular flexibility index (Phi) is 5.09. The minimum Gasteiger partial charge on any atom is -0.369 e. The fourth-order valence-electron chi connectivity index (χ4n) is 5.88. The number of hydrogen-bond donors (Lipinski definition) is 1. The Morgan fingerprint density at radius 1 is 1.07 bits per heavy atom. The van der Waals surface area contributed by atoms with Crippen LogP contribution in [0.3, 0.4) is 0 Å². The third-order valence-corrected chi connectivity index (χ3v) is 6.79. The van der Waals surface area contributed by atoms with E-state index >= 15 is 0 Å². The molecule has 1 spiro atoms. The Hall–Kier alpha value is -2.08. The number of carbonyl (C=O) groups is 2. The summed E-state index contributed by atoms with van der Waals surface area (Å²) < 4.78 is 0. The minimum atomic E-state index is -0.707. The predicted octanol–water partition coefficient (Wildman–Crippen LogP) is 3.21. The first kappa shape index (κ1) is 20.2. The van der Waals surface area contributed by atoms with Gasteiger partial charge >= 0.3 is 6.03 Å². The van der Waals surface area contributed by atoms with Crippen molar-refractivity contribution in [2.45, 2.75) is 52.5 Å². The van der Waals surface area contributed by atoms with Crippen LogP contribution in [0.5, 0.6) is 0 Å². The maximum Gasteiger partial charge on any atom is 0.326 e. The Balaban J connectivity index is 1.40. The highest BCUT2D eigenvalue weighted by Gasteiger charge is 2.56. The highest BCUT2D eigenvalue weighted by Crippen LogP contribution is 2.46. The van der Waals surface area contributed by atoms with Crippen LogP contribution in [0.1, 0.15) is 45.6 Å². The largest absolute Gasteiger partial charge is 0.369 e. The summed E-state index contributed by atoms with van der Waals surface area (Å²) in [6.45, 7) is 12.6. The molecule has 2 aliphatic heterocycles. The quantitative estimate of drug-likeness (QED) is 0.795. The van der Waals surface area contributed by atoms with Crippen LogP contribution in [0.15, 0.2) is 24.3 Å². The van der Waals surface area contributed by atoms with Crippen molar-refractivity contribution in [3.63, 3.8) is 0 Å². The van der Waals surface area contributed by atoms with Gasteiger partial charge < -0.3 is 10.2 Å². The van der Waals surface area contributed by atoms with Gasteiger partial charge in [0.15, 0.2) is 0 Å². The minimum absolute atomic E-state index is 0.0246. The molecule has 2 heterocycles. The molecule has 6 nitrogen and oxygen atoms in total. The van der Waals surface area contributed by atoms with Gasteiger partial charge in [0.25, 0.3) is 5.91 Å². The lowest BCUT2D eigenvalue weighted by Gasteiger charge is -2.44. The molecular formula is C23H34N4O2. The van der Waals surface area contributed by atoms with E-state index in [1.54, 1.807) is 0 Å². The number of hydrogen-bond acceptors (Lipinski definition) is 4. The molecule has 0 aromatic heterocycles. The van der Waals surface area contributed by atoms with Crippen LogP contribution >= 0.6 is 0 Å². The lowest BCUT2D eigenvalue weighted by Crippen LogP contribution is -2.55. The van der Waals surface area contributed by atoms with Gasteiger partial charge in [-0.05, 0) is 49.1 Å². The van der Waals surface area contributed by atoms with Crippen LogP contribution in [0.25, 0.3) is 0 Å². The topological polar surface area (TPSA) is 55.9 Å². The second kappa shape index (κ2) is 7.31. The van der Waals surface area contributed by atoms with Gasteiger partial charge in [-0.1, -0.05) is 39.0 Å². The molecule has 29 heavy (non-hydrogen) atoms. The number of piperazine rings is 1. The second-order valence-electron chi connectivity index (χ2n) is 10.1. The molecular weight excluding hydrogens is 364 g/mol. The van der Waals surface area contributed by atoms with Crippen molar-refractivity contribution in [3.8, 4) is 0 Å². The predicted molar refractivity (Wildman–Crippen MR) is 115 cm³/mol. The first-order valence-corrected chi connectivity index (χ1v) is 10.9. The summed E-state index contributed by atoms with van der Waals surface area (Å²) in [5.41, 5.74) is 1.92. The Labute approximate surface area is 174 Å². The number of benzene rings is 1. The maximum absolute atomic E-state index is 13.3. The van der Waals surface area contributed by atoms with Gasteiger partial charge in [-0.2, -0.15) is 0 Å². The molecule has 0 radical (unpaired) electrons. The van der Waals surface area contributed by atoms with Gasteiger partial charge in [0.2, 0.25) is 0 Å². The Morgan fingerprint density at radius 3 is 2.41 bits per heavy atom. The van der Waals surface area contributed by atoms with Crippen LogP contribution in [0, 0.1) is 18.3 Å². The summed E-state index contributed by atoms with van der Waals surface area (Å²) >= 11 is 0. The van der Waals surface area contributed by atoms with Gasteiger partial charge in [0, 0.05) is 31.9 Å². The van der Waals surface area contributed by atoms with E-state index in [-0.39, 0.29) is 17.4 Å². The van der Waals surface area contributed by atoms with Crippen molar-refractivity contribution >= 4 is 17.6 Å². The molecule has 2 atom stereocenters. The number of carbonyl (C=O) groups excluding carboxylic acids is 2. The van der Waals surface area contributed by atoms with E-state index in [9.17, 15) is 9.59 Å². The lowest BCUT2D eigenvalue weighted by atomic mass is 9.64. The third-order valence-electron chi connectivity index (χ3n) is 6.79. The monoisotopic (exact) mass is 398 g/mol. The van der Waals surface area contributed by atoms with E-state index < -0.39 is 5.54 Å². The molecule has 3 amide bonds. The molecule has 1 N–H and O–H groups in total. The number of nitrogens with zero attached hydrogens (tertiary/aromatic N) is 3. The lowest BCUT2D eigenvalue weighted by molar-refractivity contribution is -0.136. The number of nitrogens with one attached hydrogen (secondary N) is 1. The molecule has 1 aromatic carbocycles. The van der Waals surface area contributed by atoms with Gasteiger partial charge in [-0.3, -0.25) is 9.69 Å².